The number of hydrogen-bond acceptors (Lipinski definition) is 4. The Morgan fingerprint density at radius 3 is 2.16 bits per heavy atom. The van der Waals surface area contributed by atoms with Gasteiger partial charge in [-0.25, -0.2) is 0 Å². The number of ether oxygens (including phenoxy) is 1. The maximum Gasteiger partial charge on any atom is 0.278 e. The number of benzene rings is 2. The molecule has 0 atom stereocenters. The highest BCUT2D eigenvalue weighted by atomic mass is 16.5. The number of hydrogen-bond donors (Lipinski definition) is 1. The molecule has 0 aromatic heterocycles. The minimum absolute atomic E-state index is 0.0430. The van der Waals surface area contributed by atoms with Gasteiger partial charge in [-0.1, -0.05) is 62.7 Å². The second kappa shape index (κ2) is 9.48. The molecule has 0 spiro atoms. The van der Waals surface area contributed by atoms with Crippen LogP contribution in [0, 0.1) is 6.92 Å². The molecule has 0 unspecified atom stereocenters. The number of rotatable bonds is 8. The van der Waals surface area contributed by atoms with Gasteiger partial charge in [-0.2, -0.15) is 0 Å². The lowest BCUT2D eigenvalue weighted by molar-refractivity contribution is -0.137. The van der Waals surface area contributed by atoms with Crippen molar-refractivity contribution < 1.29 is 14.3 Å². The first-order valence-electron chi connectivity index (χ1n) is 10.8. The fraction of sp³-hybridized carbons (Fsp3) is 0.385. The summed E-state index contributed by atoms with van der Waals surface area (Å²) in [5.74, 6) is -0.559. The summed E-state index contributed by atoms with van der Waals surface area (Å²) < 4.78 is 5.37. The normalized spacial score (nSPS) is 14.5. The Bertz CT molecular complexity index is 967. The zero-order valence-electron chi connectivity index (χ0n) is 19.1. The summed E-state index contributed by atoms with van der Waals surface area (Å²) in [4.78, 5) is 27.7. The first kappa shape index (κ1) is 22.8. The van der Waals surface area contributed by atoms with E-state index in [4.69, 9.17) is 4.74 Å². The van der Waals surface area contributed by atoms with Gasteiger partial charge in [0.15, 0.2) is 0 Å². The largest absolute Gasteiger partial charge is 0.382 e. The van der Waals surface area contributed by atoms with E-state index in [1.807, 2.05) is 50.2 Å². The quantitative estimate of drug-likeness (QED) is 0.487. The molecule has 0 fully saturated rings. The van der Waals surface area contributed by atoms with E-state index in [1.54, 1.807) is 0 Å². The number of anilines is 1. The predicted octanol–water partition coefficient (Wildman–Crippen LogP) is 4.91. The molecule has 1 N–H and O–H groups in total. The van der Waals surface area contributed by atoms with Crippen LogP contribution >= 0.6 is 0 Å². The predicted molar refractivity (Wildman–Crippen MR) is 125 cm³/mol. The van der Waals surface area contributed by atoms with Gasteiger partial charge in [0.05, 0.1) is 5.57 Å². The number of nitrogens with one attached hydrogen (secondary N) is 1. The van der Waals surface area contributed by atoms with Crippen molar-refractivity contribution in [2.75, 3.05) is 25.1 Å². The van der Waals surface area contributed by atoms with Gasteiger partial charge in [-0.05, 0) is 48.9 Å². The Hall–Kier alpha value is -2.92. The Balaban J connectivity index is 1.92. The molecule has 2 amide bonds. The van der Waals surface area contributed by atoms with Gasteiger partial charge in [-0.3, -0.25) is 14.5 Å². The van der Waals surface area contributed by atoms with Crippen molar-refractivity contribution in [1.29, 1.82) is 0 Å². The van der Waals surface area contributed by atoms with E-state index in [2.05, 4.69) is 38.2 Å². The van der Waals surface area contributed by atoms with Crippen molar-refractivity contribution in [3.05, 3.63) is 70.9 Å². The van der Waals surface area contributed by atoms with Crippen LogP contribution in [0.4, 0.5) is 5.69 Å². The molecule has 0 bridgehead atoms. The Morgan fingerprint density at radius 1 is 0.935 bits per heavy atom. The topological polar surface area (TPSA) is 58.6 Å². The molecule has 3 rings (SSSR count). The van der Waals surface area contributed by atoms with Crippen molar-refractivity contribution in [2.45, 2.75) is 46.5 Å². The fourth-order valence-corrected chi connectivity index (χ4v) is 3.55. The van der Waals surface area contributed by atoms with Gasteiger partial charge in [0.25, 0.3) is 11.8 Å². The van der Waals surface area contributed by atoms with Crippen LogP contribution in [0.1, 0.15) is 50.8 Å². The van der Waals surface area contributed by atoms with Crippen LogP contribution in [0.15, 0.2) is 54.2 Å². The molecule has 0 aliphatic carbocycles. The van der Waals surface area contributed by atoms with E-state index >= 15 is 0 Å². The summed E-state index contributed by atoms with van der Waals surface area (Å²) in [6, 6.07) is 15.7. The van der Waals surface area contributed by atoms with E-state index in [0.717, 1.165) is 16.8 Å². The molecule has 2 aromatic carbocycles. The summed E-state index contributed by atoms with van der Waals surface area (Å²) in [5.41, 5.74) is 4.62. The third-order valence-corrected chi connectivity index (χ3v) is 5.40. The summed E-state index contributed by atoms with van der Waals surface area (Å²) in [6.07, 6.45) is 0.611. The molecule has 2 aromatic rings. The van der Waals surface area contributed by atoms with Gasteiger partial charge < -0.3 is 10.1 Å². The Morgan fingerprint density at radius 2 is 1.58 bits per heavy atom. The number of nitrogens with zero attached hydrogens (tertiary/aromatic N) is 1. The highest BCUT2D eigenvalue weighted by molar-refractivity contribution is 6.36. The molecule has 1 heterocycles. The molecule has 5 nitrogen and oxygen atoms in total. The number of carbonyl (C=O) groups excluding carboxylic acids is 2. The van der Waals surface area contributed by atoms with E-state index in [0.29, 0.717) is 37.4 Å². The van der Waals surface area contributed by atoms with Crippen LogP contribution < -0.4 is 5.32 Å². The molecule has 164 valence electrons. The monoisotopic (exact) mass is 420 g/mol. The second-order valence-electron chi connectivity index (χ2n) is 8.88. The highest BCUT2D eigenvalue weighted by Gasteiger charge is 2.38. The molecule has 5 heteroatoms. The van der Waals surface area contributed by atoms with Gasteiger partial charge >= 0.3 is 0 Å². The van der Waals surface area contributed by atoms with Crippen LogP contribution in [0.2, 0.25) is 0 Å². The van der Waals surface area contributed by atoms with E-state index < -0.39 is 0 Å². The Labute approximate surface area is 185 Å². The molecule has 31 heavy (non-hydrogen) atoms. The van der Waals surface area contributed by atoms with E-state index in [-0.39, 0.29) is 17.2 Å². The maximum absolute atomic E-state index is 13.2. The number of aryl methyl sites for hydroxylation is 1. The maximum atomic E-state index is 13.2. The smallest absolute Gasteiger partial charge is 0.278 e. The van der Waals surface area contributed by atoms with Gasteiger partial charge in [0, 0.05) is 25.4 Å². The highest BCUT2D eigenvalue weighted by Crippen LogP contribution is 2.31. The van der Waals surface area contributed by atoms with Crippen molar-refractivity contribution in [1.82, 2.24) is 4.90 Å². The molecule has 0 saturated heterocycles. The molecular formula is C26H32N2O3. The Kier molecular flexibility index (Phi) is 6.96. The van der Waals surface area contributed by atoms with Crippen molar-refractivity contribution in [3.63, 3.8) is 0 Å². The minimum atomic E-state index is -0.294. The zero-order chi connectivity index (χ0) is 22.6. The summed E-state index contributed by atoms with van der Waals surface area (Å²) in [7, 11) is 0. The first-order valence-corrected chi connectivity index (χ1v) is 10.8. The SMILES string of the molecule is CCOCCCN1C(=O)C(Nc2ccc(C(C)(C)C)cc2)=C(c2ccc(C)cc2)C1=O. The average Bonchev–Trinajstić information content (AvgIpc) is 2.95. The lowest BCUT2D eigenvalue weighted by atomic mass is 9.87. The van der Waals surface area contributed by atoms with Crippen molar-refractivity contribution >= 4 is 23.1 Å². The van der Waals surface area contributed by atoms with Crippen LogP contribution in [-0.4, -0.2) is 36.5 Å². The third-order valence-electron chi connectivity index (χ3n) is 5.40. The summed E-state index contributed by atoms with van der Waals surface area (Å²) in [6.45, 7) is 11.9. The number of carbonyl (C=O) groups is 2. The fourth-order valence-electron chi connectivity index (χ4n) is 3.55. The van der Waals surface area contributed by atoms with Gasteiger partial charge in [-0.15, -0.1) is 0 Å². The van der Waals surface area contributed by atoms with Gasteiger partial charge in [0.1, 0.15) is 5.70 Å². The van der Waals surface area contributed by atoms with Crippen molar-refractivity contribution in [3.8, 4) is 0 Å². The number of amides is 2. The van der Waals surface area contributed by atoms with E-state index in [1.165, 1.54) is 10.5 Å². The minimum Gasteiger partial charge on any atom is -0.382 e. The van der Waals surface area contributed by atoms with Crippen LogP contribution in [0.5, 0.6) is 0 Å². The molecule has 0 radical (unpaired) electrons. The number of imide groups is 1. The van der Waals surface area contributed by atoms with E-state index in [9.17, 15) is 9.59 Å². The molecular weight excluding hydrogens is 388 g/mol. The third kappa shape index (κ3) is 5.23. The van der Waals surface area contributed by atoms with Crippen LogP contribution in [0.25, 0.3) is 5.57 Å². The standard InChI is InChI=1S/C26H32N2O3/c1-6-31-17-7-16-28-24(29)22(19-10-8-18(2)9-11-19)23(25(28)30)27-21-14-12-20(13-15-21)26(3,4)5/h8-15,27H,6-7,16-17H2,1-5H3. The van der Waals surface area contributed by atoms with Crippen molar-refractivity contribution in [2.24, 2.45) is 0 Å². The summed E-state index contributed by atoms with van der Waals surface area (Å²) >= 11 is 0. The lowest BCUT2D eigenvalue weighted by Gasteiger charge is -2.19. The average molecular weight is 421 g/mol. The molecule has 1 aliphatic heterocycles. The zero-order valence-corrected chi connectivity index (χ0v) is 19.1. The lowest BCUT2D eigenvalue weighted by Crippen LogP contribution is -2.34. The molecule has 0 saturated carbocycles. The van der Waals surface area contributed by atoms with Crippen LogP contribution in [0.3, 0.4) is 0 Å². The van der Waals surface area contributed by atoms with Crippen LogP contribution in [-0.2, 0) is 19.7 Å². The van der Waals surface area contributed by atoms with Gasteiger partial charge in [0.2, 0.25) is 0 Å². The first-order chi connectivity index (χ1) is 14.7. The molecule has 1 aliphatic rings. The second-order valence-corrected chi connectivity index (χ2v) is 8.88. The summed E-state index contributed by atoms with van der Waals surface area (Å²) in [5, 5.41) is 3.23.